The minimum absolute atomic E-state index is 0.161. The normalized spacial score (nSPS) is 17.7. The summed E-state index contributed by atoms with van der Waals surface area (Å²) in [5.41, 5.74) is 7.95. The van der Waals surface area contributed by atoms with Gasteiger partial charge in [0.1, 0.15) is 18.3 Å². The van der Waals surface area contributed by atoms with Gasteiger partial charge in [0, 0.05) is 5.10 Å². The molecule has 4 heteroatoms. The summed E-state index contributed by atoms with van der Waals surface area (Å²) >= 11 is 0. The Morgan fingerprint density at radius 2 is 1.52 bits per heavy atom. The van der Waals surface area contributed by atoms with E-state index in [0.29, 0.717) is 13.2 Å². The van der Waals surface area contributed by atoms with Crippen LogP contribution in [-0.4, -0.2) is 16.4 Å². The van der Waals surface area contributed by atoms with Crippen molar-refractivity contribution in [2.24, 2.45) is 0 Å². The zero-order chi connectivity index (χ0) is 20.6. The number of nitrogens with zero attached hydrogens (tertiary/aromatic N) is 3. The van der Waals surface area contributed by atoms with Crippen LogP contribution in [0.5, 0.6) is 0 Å². The number of hydrogen-bond donors (Lipinski definition) is 0. The van der Waals surface area contributed by atoms with Crippen LogP contribution >= 0.6 is 0 Å². The van der Waals surface area contributed by atoms with Crippen molar-refractivity contribution in [2.75, 3.05) is 6.61 Å². The Kier molecular flexibility index (Phi) is 4.65. The smallest absolute Gasteiger partial charge is 0.304 e. The molecule has 4 bridgehead atoms. The summed E-state index contributed by atoms with van der Waals surface area (Å²) in [4.78, 5) is 0. The van der Waals surface area contributed by atoms with Gasteiger partial charge in [-0.05, 0) is 59.6 Å². The average Bonchev–Trinajstić information content (AvgIpc) is 3.26. The maximum absolute atomic E-state index is 5.91. The van der Waals surface area contributed by atoms with Crippen LogP contribution in [-0.2, 0) is 37.0 Å². The number of ether oxygens (including phenoxy) is 1. The lowest BCUT2D eigenvalue weighted by atomic mass is 9.95. The van der Waals surface area contributed by atoms with E-state index in [9.17, 15) is 0 Å². The van der Waals surface area contributed by atoms with Crippen LogP contribution in [0.3, 0.4) is 0 Å². The first-order chi connectivity index (χ1) is 15.3. The molecule has 31 heavy (non-hydrogen) atoms. The Bertz CT molecular complexity index is 1210. The standard InChI is InChI=1S/C27H26N3O/c1-2-4-23(5-3-1)26-17-31-18-27-28-30(19-29(26)27)25-16-22-11-10-20-6-8-21(9-7-20)12-14-24(25)15-13-22/h1-9,13,15-16,19,26H,10-12,14,17-18H2/q+1/t26-/m0/s1. The summed E-state index contributed by atoms with van der Waals surface area (Å²) in [6.45, 7) is 1.23. The number of rotatable bonds is 2. The highest BCUT2D eigenvalue weighted by molar-refractivity contribution is 5.44. The third kappa shape index (κ3) is 3.57. The van der Waals surface area contributed by atoms with Gasteiger partial charge in [0.05, 0.1) is 6.61 Å². The van der Waals surface area contributed by atoms with Crippen LogP contribution < -0.4 is 4.57 Å². The minimum atomic E-state index is 0.161. The highest BCUT2D eigenvalue weighted by Gasteiger charge is 2.31. The SMILES string of the molecule is c1ccc([C@@H]2COCc3nn(-c4cc5ccc4CCc4ccc(cc4)CC5)c[n+]32)cc1. The van der Waals surface area contributed by atoms with Gasteiger partial charge in [-0.25, -0.2) is 4.57 Å². The van der Waals surface area contributed by atoms with Crippen molar-refractivity contribution in [3.05, 3.63) is 113 Å². The molecule has 0 fully saturated rings. The summed E-state index contributed by atoms with van der Waals surface area (Å²) in [6, 6.07) is 26.8. The minimum Gasteiger partial charge on any atom is -0.366 e. The van der Waals surface area contributed by atoms with Gasteiger partial charge in [0.15, 0.2) is 0 Å². The topological polar surface area (TPSA) is 30.9 Å². The van der Waals surface area contributed by atoms with Gasteiger partial charge in [0.2, 0.25) is 6.33 Å². The third-order valence-electron chi connectivity index (χ3n) is 6.59. The van der Waals surface area contributed by atoms with Crippen molar-refractivity contribution in [3.8, 4) is 5.69 Å². The molecule has 0 saturated heterocycles. The summed E-state index contributed by atoms with van der Waals surface area (Å²) in [5, 5.41) is 4.96. The molecule has 0 amide bonds. The molecule has 0 spiro atoms. The number of benzene rings is 3. The Hall–Kier alpha value is -3.24. The molecular formula is C27H26N3O+. The second-order valence-corrected chi connectivity index (χ2v) is 8.60. The molecule has 1 aromatic heterocycles. The average molecular weight is 409 g/mol. The van der Waals surface area contributed by atoms with Gasteiger partial charge in [-0.15, -0.1) is 0 Å². The molecule has 0 radical (unpaired) electrons. The fraction of sp³-hybridized carbons (Fsp3) is 0.259. The molecule has 4 aliphatic carbocycles. The summed E-state index contributed by atoms with van der Waals surface area (Å²) in [5.74, 6) is 0.979. The van der Waals surface area contributed by atoms with E-state index in [1.807, 2.05) is 0 Å². The van der Waals surface area contributed by atoms with Gasteiger partial charge < -0.3 is 4.74 Å². The van der Waals surface area contributed by atoms with E-state index in [2.05, 4.69) is 88.4 Å². The monoisotopic (exact) mass is 408 g/mol. The first-order valence-corrected chi connectivity index (χ1v) is 11.2. The summed E-state index contributed by atoms with van der Waals surface area (Å²) in [6.07, 6.45) is 6.31. The number of aromatic nitrogens is 3. The van der Waals surface area contributed by atoms with Crippen LogP contribution in [0.4, 0.5) is 0 Å². The molecule has 4 aromatic rings. The van der Waals surface area contributed by atoms with E-state index in [4.69, 9.17) is 9.84 Å². The van der Waals surface area contributed by atoms with Crippen LogP contribution in [0, 0.1) is 0 Å². The Morgan fingerprint density at radius 3 is 2.32 bits per heavy atom. The van der Waals surface area contributed by atoms with Gasteiger partial charge >= 0.3 is 5.82 Å². The molecule has 0 N–H and O–H groups in total. The molecular weight excluding hydrogens is 382 g/mol. The van der Waals surface area contributed by atoms with Crippen molar-refractivity contribution in [1.82, 2.24) is 9.78 Å². The summed E-state index contributed by atoms with van der Waals surface area (Å²) < 4.78 is 10.3. The van der Waals surface area contributed by atoms with Crippen molar-refractivity contribution in [1.29, 1.82) is 0 Å². The quantitative estimate of drug-likeness (QED) is 0.466. The number of hydrogen-bond acceptors (Lipinski definition) is 2. The zero-order valence-corrected chi connectivity index (χ0v) is 17.6. The molecule has 0 saturated carbocycles. The molecule has 5 aliphatic rings. The lowest BCUT2D eigenvalue weighted by Crippen LogP contribution is -2.48. The molecule has 154 valence electrons. The van der Waals surface area contributed by atoms with Crippen LogP contribution in [0.2, 0.25) is 0 Å². The highest BCUT2D eigenvalue weighted by atomic mass is 16.5. The van der Waals surface area contributed by atoms with Gasteiger partial charge in [-0.1, -0.05) is 71.4 Å². The van der Waals surface area contributed by atoms with Gasteiger partial charge in [-0.2, -0.15) is 0 Å². The van der Waals surface area contributed by atoms with Gasteiger partial charge in [0.25, 0.3) is 0 Å². The Morgan fingerprint density at radius 1 is 0.806 bits per heavy atom. The molecule has 1 atom stereocenters. The third-order valence-corrected chi connectivity index (χ3v) is 6.59. The van der Waals surface area contributed by atoms with E-state index >= 15 is 0 Å². The second-order valence-electron chi connectivity index (χ2n) is 8.60. The van der Waals surface area contributed by atoms with Gasteiger partial charge in [-0.3, -0.25) is 0 Å². The van der Waals surface area contributed by atoms with Crippen molar-refractivity contribution in [3.63, 3.8) is 0 Å². The molecule has 3 aromatic carbocycles. The summed E-state index contributed by atoms with van der Waals surface area (Å²) in [7, 11) is 0. The van der Waals surface area contributed by atoms with E-state index < -0.39 is 0 Å². The largest absolute Gasteiger partial charge is 0.366 e. The van der Waals surface area contributed by atoms with E-state index in [-0.39, 0.29) is 6.04 Å². The predicted molar refractivity (Wildman–Crippen MR) is 119 cm³/mol. The molecule has 9 rings (SSSR count). The van der Waals surface area contributed by atoms with Crippen molar-refractivity contribution >= 4 is 0 Å². The highest BCUT2D eigenvalue weighted by Crippen LogP contribution is 2.23. The zero-order valence-electron chi connectivity index (χ0n) is 17.6. The Labute approximate surface area is 182 Å². The number of aryl methyl sites for hydroxylation is 4. The van der Waals surface area contributed by atoms with E-state index in [1.165, 1.54) is 33.5 Å². The van der Waals surface area contributed by atoms with Crippen LogP contribution in [0.1, 0.15) is 39.7 Å². The van der Waals surface area contributed by atoms with E-state index in [1.54, 1.807) is 0 Å². The molecule has 2 heterocycles. The van der Waals surface area contributed by atoms with Crippen LogP contribution in [0.25, 0.3) is 5.69 Å². The number of fused-ring (bicyclic) bond motifs is 1. The molecule has 4 nitrogen and oxygen atoms in total. The maximum Gasteiger partial charge on any atom is 0.304 e. The van der Waals surface area contributed by atoms with E-state index in [0.717, 1.165) is 31.5 Å². The maximum atomic E-state index is 5.91. The fourth-order valence-corrected chi connectivity index (χ4v) is 4.77. The van der Waals surface area contributed by atoms with Crippen molar-refractivity contribution in [2.45, 2.75) is 38.3 Å². The van der Waals surface area contributed by atoms with Crippen LogP contribution in [0.15, 0.2) is 79.1 Å². The second kappa shape index (κ2) is 7.78. The molecule has 0 unspecified atom stereocenters. The lowest BCUT2D eigenvalue weighted by molar-refractivity contribution is -0.734. The van der Waals surface area contributed by atoms with Crippen molar-refractivity contribution < 1.29 is 9.30 Å². The fourth-order valence-electron chi connectivity index (χ4n) is 4.77. The predicted octanol–water partition coefficient (Wildman–Crippen LogP) is 4.16. The first-order valence-electron chi connectivity index (χ1n) is 11.2. The molecule has 1 aliphatic heterocycles. The first kappa shape index (κ1) is 18.5. The Balaban J connectivity index is 1.41. The lowest BCUT2D eigenvalue weighted by Gasteiger charge is -2.20.